The molecule has 0 spiro atoms. The van der Waals surface area contributed by atoms with E-state index in [0.29, 0.717) is 18.7 Å². The number of hydrogen-bond donors (Lipinski definition) is 1. The first-order valence-electron chi connectivity index (χ1n) is 10.1. The highest BCUT2D eigenvalue weighted by Gasteiger charge is 2.23. The third-order valence-corrected chi connectivity index (χ3v) is 5.61. The van der Waals surface area contributed by atoms with Gasteiger partial charge in [-0.05, 0) is 43.2 Å². The van der Waals surface area contributed by atoms with Crippen LogP contribution in [0.4, 0.5) is 0 Å². The van der Waals surface area contributed by atoms with Gasteiger partial charge >= 0.3 is 0 Å². The molecule has 1 N–H and O–H groups in total. The smallest absolute Gasteiger partial charge is 0.251 e. The molecule has 1 aliphatic rings. The molecular formula is C23H27BrN2O4. The van der Waals surface area contributed by atoms with Crippen molar-refractivity contribution in [2.24, 2.45) is 0 Å². The van der Waals surface area contributed by atoms with Crippen LogP contribution < -0.4 is 10.1 Å². The molecule has 1 fully saturated rings. The molecule has 0 aromatic heterocycles. The van der Waals surface area contributed by atoms with Crippen LogP contribution in [0.3, 0.4) is 0 Å². The predicted octanol–water partition coefficient (Wildman–Crippen LogP) is 3.79. The number of methoxy groups -OCH3 is 1. The Bertz CT molecular complexity index is 851. The van der Waals surface area contributed by atoms with Crippen molar-refractivity contribution in [1.29, 1.82) is 0 Å². The molecule has 2 amide bonds. The number of halogens is 1. The normalized spacial score (nSPS) is 15.6. The Kier molecular flexibility index (Phi) is 8.28. The minimum atomic E-state index is -0.189. The molecule has 0 bridgehead atoms. The fourth-order valence-corrected chi connectivity index (χ4v) is 3.74. The lowest BCUT2D eigenvalue weighted by atomic mass is 10.1. The molecule has 7 heteroatoms. The minimum absolute atomic E-state index is 0.0208. The van der Waals surface area contributed by atoms with Gasteiger partial charge in [-0.3, -0.25) is 9.59 Å². The van der Waals surface area contributed by atoms with Crippen molar-refractivity contribution in [2.75, 3.05) is 26.8 Å². The van der Waals surface area contributed by atoms with Gasteiger partial charge in [0, 0.05) is 48.3 Å². The van der Waals surface area contributed by atoms with Crippen molar-refractivity contribution < 1.29 is 19.1 Å². The van der Waals surface area contributed by atoms with Crippen LogP contribution in [0.15, 0.2) is 53.0 Å². The van der Waals surface area contributed by atoms with Gasteiger partial charge in [0.05, 0.1) is 13.2 Å². The fourth-order valence-electron chi connectivity index (χ4n) is 3.47. The first-order valence-corrected chi connectivity index (χ1v) is 10.9. The molecule has 1 heterocycles. The first kappa shape index (κ1) is 22.3. The van der Waals surface area contributed by atoms with E-state index in [0.717, 1.165) is 35.2 Å². The Morgan fingerprint density at radius 2 is 1.97 bits per heavy atom. The van der Waals surface area contributed by atoms with Crippen LogP contribution in [0.2, 0.25) is 0 Å². The van der Waals surface area contributed by atoms with Gasteiger partial charge in [0.1, 0.15) is 5.75 Å². The van der Waals surface area contributed by atoms with E-state index < -0.39 is 0 Å². The first-order chi connectivity index (χ1) is 14.6. The summed E-state index contributed by atoms with van der Waals surface area (Å²) in [6.45, 7) is 2.01. The average Bonchev–Trinajstić information content (AvgIpc) is 3.27. The number of para-hydroxylation sites is 1. The zero-order chi connectivity index (χ0) is 21.3. The Morgan fingerprint density at radius 3 is 2.67 bits per heavy atom. The molecule has 30 heavy (non-hydrogen) atoms. The van der Waals surface area contributed by atoms with Crippen molar-refractivity contribution in [1.82, 2.24) is 10.2 Å². The molecule has 2 aromatic carbocycles. The van der Waals surface area contributed by atoms with Gasteiger partial charge in [-0.2, -0.15) is 0 Å². The minimum Gasteiger partial charge on any atom is -0.496 e. The molecule has 0 saturated carbocycles. The summed E-state index contributed by atoms with van der Waals surface area (Å²) >= 11 is 3.35. The Labute approximate surface area is 185 Å². The van der Waals surface area contributed by atoms with Crippen molar-refractivity contribution in [3.05, 3.63) is 64.1 Å². The second-order valence-electron chi connectivity index (χ2n) is 7.23. The molecule has 1 saturated heterocycles. The monoisotopic (exact) mass is 474 g/mol. The number of benzene rings is 2. The van der Waals surface area contributed by atoms with E-state index in [4.69, 9.17) is 9.47 Å². The maximum Gasteiger partial charge on any atom is 0.251 e. The van der Waals surface area contributed by atoms with E-state index in [-0.39, 0.29) is 30.9 Å². The van der Waals surface area contributed by atoms with Gasteiger partial charge < -0.3 is 19.7 Å². The molecule has 2 aromatic rings. The zero-order valence-electron chi connectivity index (χ0n) is 17.1. The summed E-state index contributed by atoms with van der Waals surface area (Å²) in [4.78, 5) is 27.0. The maximum absolute atomic E-state index is 13.0. The molecule has 1 atom stereocenters. The van der Waals surface area contributed by atoms with Gasteiger partial charge in [-0.15, -0.1) is 0 Å². The molecule has 6 nitrogen and oxygen atoms in total. The average molecular weight is 475 g/mol. The van der Waals surface area contributed by atoms with Crippen molar-refractivity contribution in [2.45, 2.75) is 31.9 Å². The van der Waals surface area contributed by atoms with Gasteiger partial charge in [0.2, 0.25) is 5.91 Å². The van der Waals surface area contributed by atoms with E-state index >= 15 is 0 Å². The van der Waals surface area contributed by atoms with Crippen LogP contribution in [0, 0.1) is 0 Å². The van der Waals surface area contributed by atoms with Gasteiger partial charge in [-0.1, -0.05) is 34.1 Å². The molecule has 1 unspecified atom stereocenters. The molecule has 3 rings (SSSR count). The summed E-state index contributed by atoms with van der Waals surface area (Å²) in [7, 11) is 1.63. The molecule has 0 radical (unpaired) electrons. The number of hydrogen-bond acceptors (Lipinski definition) is 4. The Hall–Kier alpha value is -2.38. The number of carbonyl (C=O) groups excluding carboxylic acids is 2. The number of ether oxygens (including phenoxy) is 2. The second kappa shape index (κ2) is 11.1. The van der Waals surface area contributed by atoms with Gasteiger partial charge in [0.15, 0.2) is 0 Å². The van der Waals surface area contributed by atoms with Crippen LogP contribution in [0.5, 0.6) is 5.75 Å². The summed E-state index contributed by atoms with van der Waals surface area (Å²) in [5.74, 6) is 0.546. The molecule has 1 aliphatic heterocycles. The lowest BCUT2D eigenvalue weighted by Crippen LogP contribution is -2.38. The van der Waals surface area contributed by atoms with E-state index in [1.54, 1.807) is 24.1 Å². The van der Waals surface area contributed by atoms with Crippen molar-refractivity contribution in [3.8, 4) is 5.75 Å². The fraction of sp³-hybridized carbons (Fsp3) is 0.391. The van der Waals surface area contributed by atoms with Crippen LogP contribution in [0.25, 0.3) is 0 Å². The zero-order valence-corrected chi connectivity index (χ0v) is 18.7. The van der Waals surface area contributed by atoms with Gasteiger partial charge in [0.25, 0.3) is 5.91 Å². The SMILES string of the molecule is COc1ccccc1CN(CC1CCCO1)C(=O)CCNC(=O)c1ccc(Br)cc1. The topological polar surface area (TPSA) is 67.9 Å². The summed E-state index contributed by atoms with van der Waals surface area (Å²) < 4.78 is 12.1. The third-order valence-electron chi connectivity index (χ3n) is 5.09. The molecular weight excluding hydrogens is 448 g/mol. The van der Waals surface area contributed by atoms with Crippen molar-refractivity contribution in [3.63, 3.8) is 0 Å². The number of nitrogens with one attached hydrogen (secondary N) is 1. The van der Waals surface area contributed by atoms with E-state index in [1.165, 1.54) is 0 Å². The highest BCUT2D eigenvalue weighted by Crippen LogP contribution is 2.21. The lowest BCUT2D eigenvalue weighted by molar-refractivity contribution is -0.133. The standard InChI is InChI=1S/C23H27BrN2O4/c1-29-21-7-3-2-5-18(21)15-26(16-20-6-4-14-30-20)22(27)12-13-25-23(28)17-8-10-19(24)11-9-17/h2-3,5,7-11,20H,4,6,12-16H2,1H3,(H,25,28). The highest BCUT2D eigenvalue weighted by molar-refractivity contribution is 9.10. The van der Waals surface area contributed by atoms with E-state index in [9.17, 15) is 9.59 Å². The second-order valence-corrected chi connectivity index (χ2v) is 8.15. The Balaban J connectivity index is 1.59. The van der Waals surface area contributed by atoms with Crippen LogP contribution in [-0.4, -0.2) is 49.6 Å². The summed E-state index contributed by atoms with van der Waals surface area (Å²) in [6.07, 6.45) is 2.26. The number of rotatable bonds is 9. The summed E-state index contributed by atoms with van der Waals surface area (Å²) in [6, 6.07) is 14.8. The lowest BCUT2D eigenvalue weighted by Gasteiger charge is -2.26. The van der Waals surface area contributed by atoms with Crippen LogP contribution >= 0.6 is 15.9 Å². The highest BCUT2D eigenvalue weighted by atomic mass is 79.9. The van der Waals surface area contributed by atoms with Crippen LogP contribution in [-0.2, 0) is 16.1 Å². The van der Waals surface area contributed by atoms with Crippen LogP contribution in [0.1, 0.15) is 35.2 Å². The summed E-state index contributed by atoms with van der Waals surface area (Å²) in [5, 5.41) is 2.83. The molecule has 160 valence electrons. The van der Waals surface area contributed by atoms with Crippen molar-refractivity contribution >= 4 is 27.7 Å². The maximum atomic E-state index is 13.0. The molecule has 0 aliphatic carbocycles. The Morgan fingerprint density at radius 1 is 1.20 bits per heavy atom. The van der Waals surface area contributed by atoms with E-state index in [1.807, 2.05) is 36.4 Å². The number of nitrogens with zero attached hydrogens (tertiary/aromatic N) is 1. The largest absolute Gasteiger partial charge is 0.496 e. The quantitative estimate of drug-likeness (QED) is 0.600. The number of amides is 2. The number of carbonyl (C=O) groups is 2. The van der Waals surface area contributed by atoms with Gasteiger partial charge in [-0.25, -0.2) is 0 Å². The third kappa shape index (κ3) is 6.31. The summed E-state index contributed by atoms with van der Waals surface area (Å²) in [5.41, 5.74) is 1.51. The predicted molar refractivity (Wildman–Crippen MR) is 118 cm³/mol. The van der Waals surface area contributed by atoms with E-state index in [2.05, 4.69) is 21.2 Å².